The SMILES string of the molecule is COc1ccccc1OC1CN(Cc2cc(F)ccc2-n2cccn2)C1. The molecule has 0 aliphatic carbocycles. The number of para-hydroxylation sites is 2. The molecule has 26 heavy (non-hydrogen) atoms. The molecule has 1 saturated heterocycles. The number of nitrogens with zero attached hydrogens (tertiary/aromatic N) is 3. The zero-order valence-electron chi connectivity index (χ0n) is 14.5. The molecule has 0 spiro atoms. The number of hydrogen-bond acceptors (Lipinski definition) is 4. The van der Waals surface area contributed by atoms with Crippen molar-refractivity contribution in [3.8, 4) is 17.2 Å². The fraction of sp³-hybridized carbons (Fsp3) is 0.250. The number of aromatic nitrogens is 2. The average Bonchev–Trinajstić information content (AvgIpc) is 3.15. The maximum absolute atomic E-state index is 13.7. The van der Waals surface area contributed by atoms with Crippen molar-refractivity contribution in [2.45, 2.75) is 12.6 Å². The lowest BCUT2D eigenvalue weighted by Crippen LogP contribution is -2.53. The first-order valence-corrected chi connectivity index (χ1v) is 8.53. The highest BCUT2D eigenvalue weighted by atomic mass is 19.1. The molecule has 0 unspecified atom stereocenters. The van der Waals surface area contributed by atoms with Gasteiger partial charge in [-0.25, -0.2) is 9.07 Å². The second-order valence-corrected chi connectivity index (χ2v) is 6.31. The van der Waals surface area contributed by atoms with Crippen LogP contribution >= 0.6 is 0 Å². The fourth-order valence-corrected chi connectivity index (χ4v) is 3.18. The summed E-state index contributed by atoms with van der Waals surface area (Å²) in [5, 5.41) is 4.25. The molecule has 3 aromatic rings. The standard InChI is InChI=1S/C20H20FN3O2/c1-25-19-5-2-3-6-20(19)26-17-13-23(14-17)12-15-11-16(21)7-8-18(15)24-10-4-9-22-24/h2-11,17H,12-14H2,1H3. The van der Waals surface area contributed by atoms with Crippen molar-refractivity contribution in [2.75, 3.05) is 20.2 Å². The Labute approximate surface area is 151 Å². The Balaban J connectivity index is 1.41. The van der Waals surface area contributed by atoms with Gasteiger partial charge in [0.1, 0.15) is 11.9 Å². The van der Waals surface area contributed by atoms with Crippen LogP contribution < -0.4 is 9.47 Å². The van der Waals surface area contributed by atoms with Crippen LogP contribution in [0.4, 0.5) is 4.39 Å². The minimum Gasteiger partial charge on any atom is -0.493 e. The average molecular weight is 353 g/mol. The van der Waals surface area contributed by atoms with E-state index >= 15 is 0 Å². The molecule has 0 amide bonds. The van der Waals surface area contributed by atoms with Gasteiger partial charge in [0, 0.05) is 32.0 Å². The third-order valence-corrected chi connectivity index (χ3v) is 4.47. The Kier molecular flexibility index (Phi) is 4.58. The van der Waals surface area contributed by atoms with Gasteiger partial charge in [-0.3, -0.25) is 4.90 Å². The zero-order valence-corrected chi connectivity index (χ0v) is 14.5. The Morgan fingerprint density at radius 3 is 2.65 bits per heavy atom. The van der Waals surface area contributed by atoms with Crippen molar-refractivity contribution in [3.05, 3.63) is 72.3 Å². The second kappa shape index (κ2) is 7.17. The number of likely N-dealkylation sites (tertiary alicyclic amines) is 1. The molecule has 0 N–H and O–H groups in total. The molecule has 1 aliphatic rings. The van der Waals surface area contributed by atoms with Crippen molar-refractivity contribution in [3.63, 3.8) is 0 Å². The number of ether oxygens (including phenoxy) is 2. The van der Waals surface area contributed by atoms with Crippen LogP contribution in [0.15, 0.2) is 60.9 Å². The number of rotatable bonds is 6. The van der Waals surface area contributed by atoms with Crippen LogP contribution in [-0.2, 0) is 6.54 Å². The number of hydrogen-bond donors (Lipinski definition) is 0. The lowest BCUT2D eigenvalue weighted by molar-refractivity contribution is 0.0130. The fourth-order valence-electron chi connectivity index (χ4n) is 3.18. The summed E-state index contributed by atoms with van der Waals surface area (Å²) in [6, 6.07) is 14.3. The van der Waals surface area contributed by atoms with E-state index in [4.69, 9.17) is 9.47 Å². The van der Waals surface area contributed by atoms with Gasteiger partial charge < -0.3 is 9.47 Å². The summed E-state index contributed by atoms with van der Waals surface area (Å²) in [4.78, 5) is 2.22. The molecule has 0 atom stereocenters. The largest absolute Gasteiger partial charge is 0.493 e. The van der Waals surface area contributed by atoms with Crippen molar-refractivity contribution in [1.82, 2.24) is 14.7 Å². The molecule has 1 fully saturated rings. The van der Waals surface area contributed by atoms with Gasteiger partial charge in [0.05, 0.1) is 12.8 Å². The van der Waals surface area contributed by atoms with Crippen LogP contribution in [0.5, 0.6) is 11.5 Å². The van der Waals surface area contributed by atoms with Crippen LogP contribution in [0.1, 0.15) is 5.56 Å². The second-order valence-electron chi connectivity index (χ2n) is 6.31. The van der Waals surface area contributed by atoms with Gasteiger partial charge in [-0.1, -0.05) is 12.1 Å². The predicted octanol–water partition coefficient (Wildman–Crippen LogP) is 3.28. The van der Waals surface area contributed by atoms with E-state index in [9.17, 15) is 4.39 Å². The van der Waals surface area contributed by atoms with E-state index in [0.717, 1.165) is 35.8 Å². The summed E-state index contributed by atoms with van der Waals surface area (Å²) < 4.78 is 26.8. The zero-order chi connectivity index (χ0) is 17.9. The van der Waals surface area contributed by atoms with Crippen LogP contribution in [0.2, 0.25) is 0 Å². The monoisotopic (exact) mass is 353 g/mol. The number of methoxy groups -OCH3 is 1. The first-order valence-electron chi connectivity index (χ1n) is 8.53. The Bertz CT molecular complexity index is 877. The Morgan fingerprint density at radius 1 is 1.12 bits per heavy atom. The van der Waals surface area contributed by atoms with Crippen LogP contribution in [0.25, 0.3) is 5.69 Å². The lowest BCUT2D eigenvalue weighted by atomic mass is 10.1. The van der Waals surface area contributed by atoms with Crippen molar-refractivity contribution in [2.24, 2.45) is 0 Å². The summed E-state index contributed by atoms with van der Waals surface area (Å²) in [7, 11) is 1.63. The Hall–Kier alpha value is -2.86. The van der Waals surface area contributed by atoms with Crippen LogP contribution in [0.3, 0.4) is 0 Å². The van der Waals surface area contributed by atoms with Gasteiger partial charge in [-0.05, 0) is 42.0 Å². The Morgan fingerprint density at radius 2 is 1.92 bits per heavy atom. The number of halogens is 1. The van der Waals surface area contributed by atoms with Gasteiger partial charge in [0.25, 0.3) is 0 Å². The highest BCUT2D eigenvalue weighted by molar-refractivity contribution is 5.41. The molecule has 0 bridgehead atoms. The van der Waals surface area contributed by atoms with Gasteiger partial charge in [-0.15, -0.1) is 0 Å². The summed E-state index contributed by atoms with van der Waals surface area (Å²) in [6.07, 6.45) is 3.68. The molecule has 0 saturated carbocycles. The minimum atomic E-state index is -0.238. The molecule has 6 heteroatoms. The molecular weight excluding hydrogens is 333 g/mol. The van der Waals surface area contributed by atoms with Crippen LogP contribution in [0, 0.1) is 5.82 Å². The number of benzene rings is 2. The topological polar surface area (TPSA) is 39.5 Å². The lowest BCUT2D eigenvalue weighted by Gasteiger charge is -2.39. The predicted molar refractivity (Wildman–Crippen MR) is 96.2 cm³/mol. The maximum atomic E-state index is 13.7. The normalized spacial score (nSPS) is 14.8. The summed E-state index contributed by atoms with van der Waals surface area (Å²) >= 11 is 0. The highest BCUT2D eigenvalue weighted by Crippen LogP contribution is 2.29. The molecule has 134 valence electrons. The van der Waals surface area contributed by atoms with Gasteiger partial charge in [0.2, 0.25) is 0 Å². The van der Waals surface area contributed by atoms with Gasteiger partial charge in [0.15, 0.2) is 11.5 Å². The quantitative estimate of drug-likeness (QED) is 0.682. The van der Waals surface area contributed by atoms with E-state index in [0.29, 0.717) is 6.54 Å². The van der Waals surface area contributed by atoms with Crippen molar-refractivity contribution in [1.29, 1.82) is 0 Å². The van der Waals surface area contributed by atoms with Crippen molar-refractivity contribution >= 4 is 0 Å². The minimum absolute atomic E-state index is 0.105. The first-order chi connectivity index (χ1) is 12.7. The maximum Gasteiger partial charge on any atom is 0.161 e. The smallest absolute Gasteiger partial charge is 0.161 e. The molecular formula is C20H20FN3O2. The van der Waals surface area contributed by atoms with E-state index in [2.05, 4.69) is 10.00 Å². The van der Waals surface area contributed by atoms with E-state index in [-0.39, 0.29) is 11.9 Å². The van der Waals surface area contributed by atoms with Gasteiger partial charge in [-0.2, -0.15) is 5.10 Å². The molecule has 1 aromatic heterocycles. The third-order valence-electron chi connectivity index (χ3n) is 4.47. The third kappa shape index (κ3) is 3.41. The van der Waals surface area contributed by atoms with Crippen molar-refractivity contribution < 1.29 is 13.9 Å². The van der Waals surface area contributed by atoms with Crippen LogP contribution in [-0.4, -0.2) is 41.0 Å². The highest BCUT2D eigenvalue weighted by Gasteiger charge is 2.29. The molecule has 2 heterocycles. The summed E-state index contributed by atoms with van der Waals surface area (Å²) in [5.74, 6) is 1.25. The first kappa shape index (κ1) is 16.6. The molecule has 2 aromatic carbocycles. The molecule has 1 aliphatic heterocycles. The molecule has 4 rings (SSSR count). The van der Waals surface area contributed by atoms with E-state index in [1.165, 1.54) is 6.07 Å². The molecule has 0 radical (unpaired) electrons. The molecule has 5 nitrogen and oxygen atoms in total. The van der Waals surface area contributed by atoms with E-state index in [1.54, 1.807) is 30.1 Å². The summed E-state index contributed by atoms with van der Waals surface area (Å²) in [5.41, 5.74) is 1.80. The summed E-state index contributed by atoms with van der Waals surface area (Å²) in [6.45, 7) is 2.22. The van der Waals surface area contributed by atoms with E-state index in [1.807, 2.05) is 36.5 Å². The van der Waals surface area contributed by atoms with Gasteiger partial charge >= 0.3 is 0 Å². The van der Waals surface area contributed by atoms with E-state index < -0.39 is 0 Å².